The number of carbonyl (C=O) groups is 2. The Labute approximate surface area is 91.7 Å². The highest BCUT2D eigenvalue weighted by Crippen LogP contribution is 2.08. The fourth-order valence-electron chi connectivity index (χ4n) is 0.985. The third-order valence-electron chi connectivity index (χ3n) is 1.93. The number of anilines is 1. The molecule has 86 valence electrons. The Hall–Kier alpha value is -2.18. The summed E-state index contributed by atoms with van der Waals surface area (Å²) >= 11 is 0. The maximum atomic E-state index is 11.0. The number of nitrogens with two attached hydrogens (primary N) is 1. The predicted molar refractivity (Wildman–Crippen MR) is 55.8 cm³/mol. The Balaban J connectivity index is 2.74. The summed E-state index contributed by atoms with van der Waals surface area (Å²) in [7, 11) is 0. The van der Waals surface area contributed by atoms with Crippen molar-refractivity contribution in [2.24, 2.45) is 11.7 Å². The van der Waals surface area contributed by atoms with Gasteiger partial charge in [0, 0.05) is 18.9 Å². The normalized spacial score (nSPS) is 11.8. The third-order valence-corrected chi connectivity index (χ3v) is 1.93. The van der Waals surface area contributed by atoms with Crippen LogP contribution >= 0.6 is 0 Å². The molecule has 0 aliphatic heterocycles. The largest absolute Gasteiger partial charge is 0.481 e. The quantitative estimate of drug-likeness (QED) is 0.632. The number of nitrogens with zero attached hydrogens (tertiary/aromatic N) is 2. The second kappa shape index (κ2) is 5.06. The van der Waals surface area contributed by atoms with E-state index in [1.165, 1.54) is 19.3 Å². The Morgan fingerprint density at radius 1 is 1.50 bits per heavy atom. The molecule has 16 heavy (non-hydrogen) atoms. The van der Waals surface area contributed by atoms with E-state index >= 15 is 0 Å². The van der Waals surface area contributed by atoms with Gasteiger partial charge < -0.3 is 16.2 Å². The minimum Gasteiger partial charge on any atom is -0.481 e. The lowest BCUT2D eigenvalue weighted by molar-refractivity contribution is -0.140. The van der Waals surface area contributed by atoms with Gasteiger partial charge in [-0.05, 0) is 0 Å². The summed E-state index contributed by atoms with van der Waals surface area (Å²) in [5, 5.41) is 11.4. The van der Waals surface area contributed by atoms with Crippen molar-refractivity contribution >= 4 is 17.7 Å². The minimum atomic E-state index is -0.933. The van der Waals surface area contributed by atoms with Crippen LogP contribution < -0.4 is 11.1 Å². The second-order valence-electron chi connectivity index (χ2n) is 3.24. The number of carbonyl (C=O) groups excluding carboxylic acids is 1. The summed E-state index contributed by atoms with van der Waals surface area (Å²) in [5.41, 5.74) is 5.08. The molecule has 0 aromatic carbocycles. The first kappa shape index (κ1) is 11.9. The highest BCUT2D eigenvalue weighted by atomic mass is 16.4. The molecule has 0 aliphatic carbocycles. The lowest BCUT2D eigenvalue weighted by Gasteiger charge is -2.10. The van der Waals surface area contributed by atoms with E-state index < -0.39 is 17.8 Å². The maximum absolute atomic E-state index is 11.0. The molecule has 0 spiro atoms. The van der Waals surface area contributed by atoms with Crippen LogP contribution in [0.25, 0.3) is 0 Å². The molecule has 1 amide bonds. The Morgan fingerprint density at radius 2 is 2.12 bits per heavy atom. The van der Waals surface area contributed by atoms with Crippen molar-refractivity contribution in [3.8, 4) is 0 Å². The molecule has 1 aromatic rings. The molecule has 1 heterocycles. The number of carboxylic acid groups (broad SMARTS) is 1. The van der Waals surface area contributed by atoms with Gasteiger partial charge in [-0.25, -0.2) is 9.97 Å². The molecule has 1 atom stereocenters. The zero-order chi connectivity index (χ0) is 12.1. The van der Waals surface area contributed by atoms with Gasteiger partial charge in [-0.2, -0.15) is 0 Å². The number of amides is 1. The number of carboxylic acids is 1. The van der Waals surface area contributed by atoms with E-state index in [4.69, 9.17) is 10.8 Å². The van der Waals surface area contributed by atoms with Crippen LogP contribution in [0.1, 0.15) is 17.4 Å². The standard InChI is InChI=1S/C9H12N4O3/c1-5(9(15)16)4-13-8-6(7(10)14)11-2-3-12-8/h2-3,5H,4H2,1H3,(H2,10,14)(H,12,13)(H,15,16). The van der Waals surface area contributed by atoms with Gasteiger partial charge in [0.2, 0.25) is 0 Å². The van der Waals surface area contributed by atoms with E-state index in [0.29, 0.717) is 0 Å². The third kappa shape index (κ3) is 2.91. The zero-order valence-corrected chi connectivity index (χ0v) is 8.67. The number of nitrogens with one attached hydrogen (secondary N) is 1. The Kier molecular flexibility index (Phi) is 3.76. The molecular formula is C9H12N4O3. The van der Waals surface area contributed by atoms with Crippen molar-refractivity contribution in [3.05, 3.63) is 18.1 Å². The number of aliphatic carboxylic acids is 1. The van der Waals surface area contributed by atoms with Crippen LogP contribution in [0.4, 0.5) is 5.82 Å². The Morgan fingerprint density at radius 3 is 2.69 bits per heavy atom. The van der Waals surface area contributed by atoms with Crippen LogP contribution in [0.3, 0.4) is 0 Å². The summed E-state index contributed by atoms with van der Waals surface area (Å²) in [6, 6.07) is 0. The van der Waals surface area contributed by atoms with Gasteiger partial charge in [0.15, 0.2) is 11.5 Å². The fourth-order valence-corrected chi connectivity index (χ4v) is 0.985. The first-order chi connectivity index (χ1) is 7.52. The van der Waals surface area contributed by atoms with Crippen LogP contribution in [0.2, 0.25) is 0 Å². The van der Waals surface area contributed by atoms with Crippen LogP contribution in [0.5, 0.6) is 0 Å². The molecule has 0 radical (unpaired) electrons. The number of rotatable bonds is 5. The van der Waals surface area contributed by atoms with Crippen molar-refractivity contribution < 1.29 is 14.7 Å². The summed E-state index contributed by atoms with van der Waals surface area (Å²) in [6.45, 7) is 1.68. The zero-order valence-electron chi connectivity index (χ0n) is 8.67. The molecule has 0 aliphatic rings. The number of hydrogen-bond acceptors (Lipinski definition) is 5. The molecule has 1 rings (SSSR count). The highest BCUT2D eigenvalue weighted by molar-refractivity contribution is 5.95. The SMILES string of the molecule is CC(CNc1nccnc1C(N)=O)C(=O)O. The summed E-state index contributed by atoms with van der Waals surface area (Å²) in [6.07, 6.45) is 2.73. The summed E-state index contributed by atoms with van der Waals surface area (Å²) in [4.78, 5) is 29.2. The van der Waals surface area contributed by atoms with Crippen molar-refractivity contribution in [1.29, 1.82) is 0 Å². The first-order valence-corrected chi connectivity index (χ1v) is 4.60. The average Bonchev–Trinajstić information content (AvgIpc) is 2.25. The van der Waals surface area contributed by atoms with Crippen LogP contribution in [0, 0.1) is 5.92 Å². The average molecular weight is 224 g/mol. The number of hydrogen-bond donors (Lipinski definition) is 3. The van der Waals surface area contributed by atoms with E-state index in [1.54, 1.807) is 0 Å². The fraction of sp³-hybridized carbons (Fsp3) is 0.333. The van der Waals surface area contributed by atoms with E-state index in [2.05, 4.69) is 15.3 Å². The van der Waals surface area contributed by atoms with Gasteiger partial charge in [-0.1, -0.05) is 6.92 Å². The van der Waals surface area contributed by atoms with Crippen LogP contribution in [0.15, 0.2) is 12.4 Å². The molecule has 0 saturated heterocycles. The first-order valence-electron chi connectivity index (χ1n) is 4.60. The van der Waals surface area contributed by atoms with Crippen molar-refractivity contribution in [3.63, 3.8) is 0 Å². The molecular weight excluding hydrogens is 212 g/mol. The van der Waals surface area contributed by atoms with Crippen LogP contribution in [-0.2, 0) is 4.79 Å². The monoisotopic (exact) mass is 224 g/mol. The van der Waals surface area contributed by atoms with Gasteiger partial charge >= 0.3 is 5.97 Å². The molecule has 4 N–H and O–H groups in total. The lowest BCUT2D eigenvalue weighted by atomic mass is 10.2. The minimum absolute atomic E-state index is 0.0000822. The molecule has 7 nitrogen and oxygen atoms in total. The van der Waals surface area contributed by atoms with Crippen molar-refractivity contribution in [2.45, 2.75) is 6.92 Å². The molecule has 1 aromatic heterocycles. The molecule has 7 heteroatoms. The van der Waals surface area contributed by atoms with Gasteiger partial charge in [-0.15, -0.1) is 0 Å². The Bertz CT molecular complexity index is 407. The number of aromatic nitrogens is 2. The van der Waals surface area contributed by atoms with Crippen molar-refractivity contribution in [1.82, 2.24) is 9.97 Å². The van der Waals surface area contributed by atoms with E-state index in [-0.39, 0.29) is 18.1 Å². The van der Waals surface area contributed by atoms with E-state index in [9.17, 15) is 9.59 Å². The lowest BCUT2D eigenvalue weighted by Crippen LogP contribution is -2.23. The van der Waals surface area contributed by atoms with E-state index in [0.717, 1.165) is 0 Å². The predicted octanol–water partition coefficient (Wildman–Crippen LogP) is -0.292. The van der Waals surface area contributed by atoms with Gasteiger partial charge in [-0.3, -0.25) is 9.59 Å². The summed E-state index contributed by atoms with van der Waals surface area (Å²) < 4.78 is 0. The summed E-state index contributed by atoms with van der Waals surface area (Å²) in [5.74, 6) is -2.04. The maximum Gasteiger partial charge on any atom is 0.308 e. The second-order valence-corrected chi connectivity index (χ2v) is 3.24. The van der Waals surface area contributed by atoms with Crippen LogP contribution in [-0.4, -0.2) is 33.5 Å². The van der Waals surface area contributed by atoms with Gasteiger partial charge in [0.05, 0.1) is 5.92 Å². The van der Waals surface area contributed by atoms with E-state index in [1.807, 2.05) is 0 Å². The molecule has 0 bridgehead atoms. The van der Waals surface area contributed by atoms with Gasteiger partial charge in [0.1, 0.15) is 0 Å². The van der Waals surface area contributed by atoms with Crippen molar-refractivity contribution in [2.75, 3.05) is 11.9 Å². The molecule has 1 unspecified atom stereocenters. The topological polar surface area (TPSA) is 118 Å². The molecule has 0 saturated carbocycles. The molecule has 0 fully saturated rings. The highest BCUT2D eigenvalue weighted by Gasteiger charge is 2.14. The smallest absolute Gasteiger partial charge is 0.308 e. The van der Waals surface area contributed by atoms with Gasteiger partial charge in [0.25, 0.3) is 5.91 Å². The number of primary amides is 1.